The van der Waals surface area contributed by atoms with Gasteiger partial charge in [-0.3, -0.25) is 9.59 Å². The molecule has 0 aromatic heterocycles. The fraction of sp³-hybridized carbons (Fsp3) is 0.385. The van der Waals surface area contributed by atoms with Crippen LogP contribution in [-0.4, -0.2) is 59.8 Å². The summed E-state index contributed by atoms with van der Waals surface area (Å²) >= 11 is 1.48. The van der Waals surface area contributed by atoms with Gasteiger partial charge in [0, 0.05) is 11.4 Å². The SMILES string of the molecule is COC(=O)Cc1cccc(NC(=O)NCC(=O)N2[C@@H](c3ccccc3)SC[C@H]2C(=O)OC(C)(C)C)c1. The summed E-state index contributed by atoms with van der Waals surface area (Å²) in [6.45, 7) is 5.02. The van der Waals surface area contributed by atoms with E-state index in [2.05, 4.69) is 15.4 Å². The zero-order valence-electron chi connectivity index (χ0n) is 20.8. The number of hydrogen-bond donors (Lipinski definition) is 2. The van der Waals surface area contributed by atoms with Gasteiger partial charge in [0.05, 0.1) is 20.1 Å². The lowest BCUT2D eigenvalue weighted by molar-refractivity contribution is -0.163. The van der Waals surface area contributed by atoms with Crippen molar-refractivity contribution in [2.45, 2.75) is 44.2 Å². The molecule has 10 heteroatoms. The Bertz CT molecular complexity index is 1100. The van der Waals surface area contributed by atoms with Gasteiger partial charge in [-0.15, -0.1) is 11.8 Å². The van der Waals surface area contributed by atoms with E-state index in [-0.39, 0.29) is 18.3 Å². The monoisotopic (exact) mass is 513 g/mol. The first kappa shape index (κ1) is 27.1. The standard InChI is InChI=1S/C26H31N3O6S/c1-26(2,3)35-24(32)20-16-36-23(18-10-6-5-7-11-18)29(20)21(30)15-27-25(33)28-19-12-8-9-17(13-19)14-22(31)34-4/h5-13,20,23H,14-16H2,1-4H3,(H2,27,28,33)/t20-,23+/m0/s1. The summed E-state index contributed by atoms with van der Waals surface area (Å²) in [5.74, 6) is -0.884. The first-order valence-corrected chi connectivity index (χ1v) is 12.5. The molecule has 0 radical (unpaired) electrons. The van der Waals surface area contributed by atoms with Crippen molar-refractivity contribution in [2.75, 3.05) is 24.7 Å². The minimum Gasteiger partial charge on any atom is -0.469 e. The molecular weight excluding hydrogens is 482 g/mol. The second kappa shape index (κ2) is 11.9. The number of esters is 2. The van der Waals surface area contributed by atoms with E-state index in [1.165, 1.54) is 23.8 Å². The van der Waals surface area contributed by atoms with Gasteiger partial charge in [0.1, 0.15) is 17.0 Å². The Labute approximate surface area is 214 Å². The van der Waals surface area contributed by atoms with Crippen molar-refractivity contribution in [3.05, 3.63) is 65.7 Å². The number of nitrogens with zero attached hydrogens (tertiary/aromatic N) is 1. The molecule has 2 N–H and O–H groups in total. The van der Waals surface area contributed by atoms with Crippen LogP contribution in [0.2, 0.25) is 0 Å². The van der Waals surface area contributed by atoms with E-state index >= 15 is 0 Å². The molecule has 0 bridgehead atoms. The summed E-state index contributed by atoms with van der Waals surface area (Å²) in [5, 5.41) is 4.84. The normalized spacial score (nSPS) is 17.3. The second-order valence-corrected chi connectivity index (χ2v) is 10.3. The maximum absolute atomic E-state index is 13.3. The van der Waals surface area contributed by atoms with Crippen LogP contribution < -0.4 is 10.6 Å². The lowest BCUT2D eigenvalue weighted by Crippen LogP contribution is -2.49. The molecule has 9 nitrogen and oxygen atoms in total. The minimum absolute atomic E-state index is 0.0751. The van der Waals surface area contributed by atoms with Gasteiger partial charge in [-0.25, -0.2) is 9.59 Å². The first-order chi connectivity index (χ1) is 17.1. The average Bonchev–Trinajstić information content (AvgIpc) is 3.28. The summed E-state index contributed by atoms with van der Waals surface area (Å²) < 4.78 is 10.2. The third kappa shape index (κ3) is 7.48. The number of nitrogens with one attached hydrogen (secondary N) is 2. The fourth-order valence-corrected chi connectivity index (χ4v) is 5.09. The maximum atomic E-state index is 13.3. The van der Waals surface area contributed by atoms with Crippen LogP contribution in [0.3, 0.4) is 0 Å². The Hall–Kier alpha value is -3.53. The van der Waals surface area contributed by atoms with Gasteiger partial charge in [-0.05, 0) is 44.0 Å². The van der Waals surface area contributed by atoms with Gasteiger partial charge in [-0.2, -0.15) is 0 Å². The van der Waals surface area contributed by atoms with Crippen LogP contribution >= 0.6 is 11.8 Å². The van der Waals surface area contributed by atoms with Gasteiger partial charge < -0.3 is 25.0 Å². The molecule has 2 atom stereocenters. The topological polar surface area (TPSA) is 114 Å². The van der Waals surface area contributed by atoms with E-state index in [0.29, 0.717) is 17.0 Å². The molecule has 1 saturated heterocycles. The number of anilines is 1. The van der Waals surface area contributed by atoms with Gasteiger partial charge in [0.2, 0.25) is 5.91 Å². The quantitative estimate of drug-likeness (QED) is 0.545. The number of hydrogen-bond acceptors (Lipinski definition) is 7. The van der Waals surface area contributed by atoms with Crippen molar-refractivity contribution in [3.63, 3.8) is 0 Å². The van der Waals surface area contributed by atoms with Crippen LogP contribution in [0.1, 0.15) is 37.3 Å². The van der Waals surface area contributed by atoms with Crippen LogP contribution in [0.25, 0.3) is 0 Å². The van der Waals surface area contributed by atoms with Crippen molar-refractivity contribution >= 4 is 41.3 Å². The average molecular weight is 514 g/mol. The molecule has 192 valence electrons. The van der Waals surface area contributed by atoms with Gasteiger partial charge in [-0.1, -0.05) is 42.5 Å². The zero-order chi connectivity index (χ0) is 26.3. The molecule has 36 heavy (non-hydrogen) atoms. The number of methoxy groups -OCH3 is 1. The smallest absolute Gasteiger partial charge is 0.330 e. The molecule has 1 aliphatic rings. The molecule has 1 heterocycles. The van der Waals surface area contributed by atoms with Crippen molar-refractivity contribution in [3.8, 4) is 0 Å². The first-order valence-electron chi connectivity index (χ1n) is 11.5. The van der Waals surface area contributed by atoms with E-state index in [1.54, 1.807) is 45.0 Å². The largest absolute Gasteiger partial charge is 0.469 e. The maximum Gasteiger partial charge on any atom is 0.330 e. The van der Waals surface area contributed by atoms with E-state index in [1.807, 2.05) is 30.3 Å². The van der Waals surface area contributed by atoms with Crippen LogP contribution in [0.4, 0.5) is 10.5 Å². The number of urea groups is 1. The molecule has 0 aliphatic carbocycles. The fourth-order valence-electron chi connectivity index (χ4n) is 3.66. The van der Waals surface area contributed by atoms with Gasteiger partial charge >= 0.3 is 18.0 Å². The Kier molecular flexibility index (Phi) is 8.98. The third-order valence-electron chi connectivity index (χ3n) is 5.21. The number of carbonyl (C=O) groups excluding carboxylic acids is 4. The van der Waals surface area contributed by atoms with Crippen LogP contribution in [-0.2, 0) is 30.3 Å². The number of amides is 3. The molecule has 2 aromatic rings. The van der Waals surface area contributed by atoms with Crippen molar-refractivity contribution in [1.82, 2.24) is 10.2 Å². The molecule has 0 spiro atoms. The summed E-state index contributed by atoms with van der Waals surface area (Å²) in [4.78, 5) is 51.7. The summed E-state index contributed by atoms with van der Waals surface area (Å²) in [7, 11) is 1.31. The molecule has 2 aromatic carbocycles. The highest BCUT2D eigenvalue weighted by Gasteiger charge is 2.43. The number of carbonyl (C=O) groups is 4. The highest BCUT2D eigenvalue weighted by Crippen LogP contribution is 2.41. The Balaban J connectivity index is 1.68. The van der Waals surface area contributed by atoms with Crippen LogP contribution in [0.15, 0.2) is 54.6 Å². The second-order valence-electron chi connectivity index (χ2n) is 9.21. The summed E-state index contributed by atoms with van der Waals surface area (Å²) in [6.07, 6.45) is 0.0751. The predicted octanol–water partition coefficient (Wildman–Crippen LogP) is 3.51. The van der Waals surface area contributed by atoms with Gasteiger partial charge in [0.25, 0.3) is 0 Å². The van der Waals surface area contributed by atoms with E-state index in [4.69, 9.17) is 4.74 Å². The number of ether oxygens (including phenoxy) is 2. The van der Waals surface area contributed by atoms with Crippen LogP contribution in [0.5, 0.6) is 0 Å². The highest BCUT2D eigenvalue weighted by atomic mass is 32.2. The summed E-state index contributed by atoms with van der Waals surface area (Å²) in [6, 6.07) is 14.8. The van der Waals surface area contributed by atoms with Crippen molar-refractivity contribution in [1.29, 1.82) is 0 Å². The minimum atomic E-state index is -0.771. The van der Waals surface area contributed by atoms with E-state index in [9.17, 15) is 19.2 Å². The third-order valence-corrected chi connectivity index (χ3v) is 6.54. The lowest BCUT2D eigenvalue weighted by Gasteiger charge is -2.30. The number of benzene rings is 2. The Morgan fingerprint density at radius 2 is 1.78 bits per heavy atom. The predicted molar refractivity (Wildman–Crippen MR) is 137 cm³/mol. The zero-order valence-corrected chi connectivity index (χ0v) is 21.6. The molecule has 1 fully saturated rings. The number of rotatable bonds is 7. The highest BCUT2D eigenvalue weighted by molar-refractivity contribution is 7.99. The Morgan fingerprint density at radius 3 is 2.44 bits per heavy atom. The molecule has 3 rings (SSSR count). The molecule has 1 aliphatic heterocycles. The lowest BCUT2D eigenvalue weighted by atomic mass is 10.1. The van der Waals surface area contributed by atoms with Crippen molar-refractivity contribution in [2.24, 2.45) is 0 Å². The van der Waals surface area contributed by atoms with Crippen molar-refractivity contribution < 1.29 is 28.7 Å². The number of thioether (sulfide) groups is 1. The van der Waals surface area contributed by atoms with E-state index in [0.717, 1.165) is 5.56 Å². The molecule has 0 unspecified atom stereocenters. The van der Waals surface area contributed by atoms with E-state index < -0.39 is 35.5 Å². The molecule has 3 amide bonds. The van der Waals surface area contributed by atoms with Crippen LogP contribution in [0, 0.1) is 0 Å². The molecule has 0 saturated carbocycles. The molecular formula is C26H31N3O6S. The summed E-state index contributed by atoms with van der Waals surface area (Å²) in [5.41, 5.74) is 1.33. The van der Waals surface area contributed by atoms with Gasteiger partial charge in [0.15, 0.2) is 0 Å². The Morgan fingerprint density at radius 1 is 1.06 bits per heavy atom.